The number of nitrogens with one attached hydrogen (secondary N) is 1. The van der Waals surface area contributed by atoms with Gasteiger partial charge in [0.15, 0.2) is 0 Å². The lowest BCUT2D eigenvalue weighted by molar-refractivity contribution is -0.127. The first-order valence-corrected chi connectivity index (χ1v) is 8.09. The van der Waals surface area contributed by atoms with Crippen LogP contribution in [0, 0.1) is 23.7 Å². The topological polar surface area (TPSA) is 55.1 Å². The van der Waals surface area contributed by atoms with Crippen molar-refractivity contribution in [1.82, 2.24) is 5.32 Å². The van der Waals surface area contributed by atoms with E-state index < -0.39 is 0 Å². The van der Waals surface area contributed by atoms with Gasteiger partial charge in [0.2, 0.25) is 5.91 Å². The van der Waals surface area contributed by atoms with Gasteiger partial charge in [0.1, 0.15) is 0 Å². The van der Waals surface area contributed by atoms with Gasteiger partial charge in [0.25, 0.3) is 0 Å². The number of amides is 1. The van der Waals surface area contributed by atoms with E-state index >= 15 is 0 Å². The SMILES string of the molecule is CC1CC(C)CC(NC(=O)C2CCCC(CN)C2)C1. The van der Waals surface area contributed by atoms with Crippen LogP contribution in [0.3, 0.4) is 0 Å². The third-order valence-electron chi connectivity index (χ3n) is 5.01. The molecular weight excluding hydrogens is 236 g/mol. The van der Waals surface area contributed by atoms with Gasteiger partial charge in [-0.3, -0.25) is 4.79 Å². The van der Waals surface area contributed by atoms with Crippen molar-refractivity contribution < 1.29 is 4.79 Å². The van der Waals surface area contributed by atoms with Gasteiger partial charge in [0, 0.05) is 12.0 Å². The van der Waals surface area contributed by atoms with Crippen molar-refractivity contribution in [3.63, 3.8) is 0 Å². The summed E-state index contributed by atoms with van der Waals surface area (Å²) >= 11 is 0. The average molecular weight is 266 g/mol. The van der Waals surface area contributed by atoms with Crippen molar-refractivity contribution in [2.24, 2.45) is 29.4 Å². The van der Waals surface area contributed by atoms with E-state index in [0.29, 0.717) is 17.9 Å². The molecule has 3 N–H and O–H groups in total. The zero-order valence-corrected chi connectivity index (χ0v) is 12.5. The lowest BCUT2D eigenvalue weighted by Gasteiger charge is -2.34. The van der Waals surface area contributed by atoms with E-state index in [9.17, 15) is 4.79 Å². The van der Waals surface area contributed by atoms with E-state index in [1.54, 1.807) is 0 Å². The Morgan fingerprint density at radius 1 is 1.11 bits per heavy atom. The molecule has 0 radical (unpaired) electrons. The fourth-order valence-corrected chi connectivity index (χ4v) is 4.13. The lowest BCUT2D eigenvalue weighted by Crippen LogP contribution is -2.44. The van der Waals surface area contributed by atoms with Crippen molar-refractivity contribution in [3.8, 4) is 0 Å². The number of nitrogens with two attached hydrogens (primary N) is 1. The normalized spacial score (nSPS) is 39.8. The molecule has 0 aliphatic heterocycles. The minimum absolute atomic E-state index is 0.217. The summed E-state index contributed by atoms with van der Waals surface area (Å²) in [6.45, 7) is 5.35. The van der Waals surface area contributed by atoms with Gasteiger partial charge in [-0.2, -0.15) is 0 Å². The van der Waals surface area contributed by atoms with Crippen molar-refractivity contribution in [2.75, 3.05) is 6.54 Å². The highest BCUT2D eigenvalue weighted by atomic mass is 16.1. The molecule has 2 fully saturated rings. The molecule has 1 amide bonds. The zero-order chi connectivity index (χ0) is 13.8. The van der Waals surface area contributed by atoms with Gasteiger partial charge in [-0.1, -0.05) is 20.3 Å². The Morgan fingerprint density at radius 3 is 2.42 bits per heavy atom. The summed E-state index contributed by atoms with van der Waals surface area (Å²) in [5.74, 6) is 2.57. The summed E-state index contributed by atoms with van der Waals surface area (Å²) in [5, 5.41) is 3.31. The maximum absolute atomic E-state index is 12.4. The van der Waals surface area contributed by atoms with Crippen LogP contribution in [-0.2, 0) is 4.79 Å². The molecule has 2 aliphatic carbocycles. The Balaban J connectivity index is 1.83. The Bertz CT molecular complexity index is 295. The van der Waals surface area contributed by atoms with E-state index in [0.717, 1.165) is 50.5 Å². The van der Waals surface area contributed by atoms with E-state index in [2.05, 4.69) is 19.2 Å². The average Bonchev–Trinajstić information content (AvgIpc) is 2.37. The van der Waals surface area contributed by atoms with Crippen LogP contribution in [0.5, 0.6) is 0 Å². The van der Waals surface area contributed by atoms with Crippen molar-refractivity contribution in [2.45, 2.75) is 64.8 Å². The molecule has 19 heavy (non-hydrogen) atoms. The molecule has 3 heteroatoms. The first-order valence-electron chi connectivity index (χ1n) is 8.09. The van der Waals surface area contributed by atoms with E-state index in [-0.39, 0.29) is 5.92 Å². The summed E-state index contributed by atoms with van der Waals surface area (Å²) in [7, 11) is 0. The molecule has 4 atom stereocenters. The minimum Gasteiger partial charge on any atom is -0.353 e. The first kappa shape index (κ1) is 14.8. The Kier molecular flexibility index (Phi) is 5.26. The second-order valence-corrected chi connectivity index (χ2v) is 7.09. The molecule has 0 aromatic heterocycles. The van der Waals surface area contributed by atoms with Gasteiger partial charge >= 0.3 is 0 Å². The number of carbonyl (C=O) groups excluding carboxylic acids is 1. The number of rotatable bonds is 3. The molecule has 0 heterocycles. The highest BCUT2D eigenvalue weighted by molar-refractivity contribution is 5.79. The fraction of sp³-hybridized carbons (Fsp3) is 0.938. The van der Waals surface area contributed by atoms with Crippen molar-refractivity contribution in [3.05, 3.63) is 0 Å². The third kappa shape index (κ3) is 4.20. The lowest BCUT2D eigenvalue weighted by atomic mass is 9.79. The first-order chi connectivity index (χ1) is 9.08. The fourth-order valence-electron chi connectivity index (χ4n) is 4.13. The van der Waals surface area contributed by atoms with Crippen LogP contribution in [-0.4, -0.2) is 18.5 Å². The van der Waals surface area contributed by atoms with Crippen LogP contribution in [0.4, 0.5) is 0 Å². The van der Waals surface area contributed by atoms with Gasteiger partial charge in [-0.25, -0.2) is 0 Å². The molecule has 110 valence electrons. The van der Waals surface area contributed by atoms with Gasteiger partial charge < -0.3 is 11.1 Å². The zero-order valence-electron chi connectivity index (χ0n) is 12.5. The van der Waals surface area contributed by atoms with Crippen LogP contribution in [0.1, 0.15) is 58.8 Å². The quantitative estimate of drug-likeness (QED) is 0.825. The maximum Gasteiger partial charge on any atom is 0.223 e. The predicted octanol–water partition coefficient (Wildman–Crippen LogP) is 2.69. The Hall–Kier alpha value is -0.570. The van der Waals surface area contributed by atoms with E-state index in [1.807, 2.05) is 0 Å². The monoisotopic (exact) mass is 266 g/mol. The van der Waals surface area contributed by atoms with Crippen LogP contribution in [0.15, 0.2) is 0 Å². The van der Waals surface area contributed by atoms with Gasteiger partial charge in [-0.15, -0.1) is 0 Å². The summed E-state index contributed by atoms with van der Waals surface area (Å²) < 4.78 is 0. The highest BCUT2D eigenvalue weighted by Gasteiger charge is 2.30. The van der Waals surface area contributed by atoms with Gasteiger partial charge in [0.05, 0.1) is 0 Å². The second-order valence-electron chi connectivity index (χ2n) is 7.09. The molecule has 0 saturated heterocycles. The molecule has 0 spiro atoms. The summed E-state index contributed by atoms with van der Waals surface area (Å²) in [5.41, 5.74) is 5.75. The molecule has 0 aromatic carbocycles. The minimum atomic E-state index is 0.217. The Labute approximate surface area is 117 Å². The predicted molar refractivity (Wildman–Crippen MR) is 78.6 cm³/mol. The standard InChI is InChI=1S/C16H30N2O/c1-11-6-12(2)8-15(7-11)18-16(19)14-5-3-4-13(9-14)10-17/h11-15H,3-10,17H2,1-2H3,(H,18,19). The molecule has 2 rings (SSSR count). The molecule has 2 aliphatic rings. The van der Waals surface area contributed by atoms with Crippen LogP contribution in [0.25, 0.3) is 0 Å². The molecular formula is C16H30N2O. The summed E-state index contributed by atoms with van der Waals surface area (Å²) in [6.07, 6.45) is 8.05. The molecule has 2 saturated carbocycles. The number of hydrogen-bond donors (Lipinski definition) is 2. The Morgan fingerprint density at radius 2 is 1.79 bits per heavy atom. The molecule has 4 unspecified atom stereocenters. The highest BCUT2D eigenvalue weighted by Crippen LogP contribution is 2.31. The number of hydrogen-bond acceptors (Lipinski definition) is 2. The molecule has 0 aromatic rings. The van der Waals surface area contributed by atoms with E-state index in [4.69, 9.17) is 5.73 Å². The van der Waals surface area contributed by atoms with Crippen LogP contribution >= 0.6 is 0 Å². The summed E-state index contributed by atoms with van der Waals surface area (Å²) in [4.78, 5) is 12.4. The van der Waals surface area contributed by atoms with Crippen LogP contribution in [0.2, 0.25) is 0 Å². The summed E-state index contributed by atoms with van der Waals surface area (Å²) in [6, 6.07) is 0.407. The third-order valence-corrected chi connectivity index (χ3v) is 5.01. The largest absolute Gasteiger partial charge is 0.353 e. The second kappa shape index (κ2) is 6.74. The van der Waals surface area contributed by atoms with Crippen molar-refractivity contribution in [1.29, 1.82) is 0 Å². The van der Waals surface area contributed by atoms with Gasteiger partial charge in [-0.05, 0) is 62.8 Å². The molecule has 3 nitrogen and oxygen atoms in total. The van der Waals surface area contributed by atoms with E-state index in [1.165, 1.54) is 12.8 Å². The van der Waals surface area contributed by atoms with Crippen LogP contribution < -0.4 is 11.1 Å². The number of carbonyl (C=O) groups is 1. The maximum atomic E-state index is 12.4. The van der Waals surface area contributed by atoms with Crippen molar-refractivity contribution >= 4 is 5.91 Å². The molecule has 0 bridgehead atoms. The smallest absolute Gasteiger partial charge is 0.223 e.